The molecule has 5 aromatic rings. The average molecular weight is 487 g/mol. The van der Waals surface area contributed by atoms with Gasteiger partial charge in [-0.05, 0) is 76.7 Å². The quantitative estimate of drug-likeness (QED) is 0.323. The van der Waals surface area contributed by atoms with E-state index in [9.17, 15) is 9.18 Å². The monoisotopic (exact) mass is 486 g/mol. The van der Waals surface area contributed by atoms with Crippen LogP contribution in [0.3, 0.4) is 0 Å². The number of benzene rings is 2. The molecule has 2 aromatic carbocycles. The zero-order valence-corrected chi connectivity index (χ0v) is 20.2. The van der Waals surface area contributed by atoms with Gasteiger partial charge in [0.05, 0.1) is 25.4 Å². The van der Waals surface area contributed by atoms with Crippen LogP contribution in [-0.4, -0.2) is 30.1 Å². The number of aromatic nitrogens is 5. The van der Waals surface area contributed by atoms with Crippen molar-refractivity contribution < 1.29 is 8.81 Å². The van der Waals surface area contributed by atoms with E-state index in [1.807, 2.05) is 43.3 Å². The number of pyridine rings is 1. The molecule has 3 heterocycles. The molecule has 3 aromatic heterocycles. The molecule has 36 heavy (non-hydrogen) atoms. The molecule has 0 aliphatic carbocycles. The summed E-state index contributed by atoms with van der Waals surface area (Å²) in [4.78, 5) is 18.2. The van der Waals surface area contributed by atoms with Crippen LogP contribution in [0.15, 0.2) is 76.1 Å². The smallest absolute Gasteiger partial charge is 0.252 e. The molecule has 5 rings (SSSR count). The van der Waals surface area contributed by atoms with Gasteiger partial charge >= 0.3 is 0 Å². The molecule has 0 aliphatic rings. The molecule has 0 radical (unpaired) electrons. The highest BCUT2D eigenvalue weighted by molar-refractivity contribution is 5.79. The van der Waals surface area contributed by atoms with Crippen LogP contribution in [0.25, 0.3) is 10.9 Å². The van der Waals surface area contributed by atoms with Gasteiger partial charge in [0.25, 0.3) is 5.56 Å². The molecule has 0 bridgehead atoms. The topological polar surface area (TPSA) is 92.8 Å². The zero-order valence-electron chi connectivity index (χ0n) is 20.2. The molecule has 184 valence electrons. The number of hydrogen-bond donors (Lipinski definition) is 1. The normalized spacial score (nSPS) is 12.4. The Bertz CT molecular complexity index is 1510. The van der Waals surface area contributed by atoms with Crippen LogP contribution in [-0.2, 0) is 19.6 Å². The molecular formula is C27H27FN6O2. The molecular weight excluding hydrogens is 459 g/mol. The number of nitrogens with zero attached hydrogens (tertiary/aromatic N) is 5. The highest BCUT2D eigenvalue weighted by Crippen LogP contribution is 2.27. The van der Waals surface area contributed by atoms with E-state index in [0.717, 1.165) is 27.8 Å². The van der Waals surface area contributed by atoms with Crippen molar-refractivity contribution >= 4 is 10.9 Å². The van der Waals surface area contributed by atoms with Gasteiger partial charge in [-0.15, -0.1) is 5.10 Å². The van der Waals surface area contributed by atoms with Crippen molar-refractivity contribution in [3.63, 3.8) is 0 Å². The number of H-pyrrole nitrogens is 1. The predicted octanol–water partition coefficient (Wildman–Crippen LogP) is 4.76. The molecule has 9 heteroatoms. The summed E-state index contributed by atoms with van der Waals surface area (Å²) in [6.07, 6.45) is 2.34. The summed E-state index contributed by atoms with van der Waals surface area (Å²) in [5.41, 5.74) is 3.31. The van der Waals surface area contributed by atoms with E-state index in [1.54, 1.807) is 23.1 Å². The Labute approximate surface area is 207 Å². The number of hydrogen-bond acceptors (Lipinski definition) is 6. The van der Waals surface area contributed by atoms with Gasteiger partial charge < -0.3 is 9.40 Å². The minimum atomic E-state index is -0.289. The van der Waals surface area contributed by atoms with E-state index in [1.165, 1.54) is 12.1 Å². The van der Waals surface area contributed by atoms with Gasteiger partial charge in [-0.1, -0.05) is 31.2 Å². The highest BCUT2D eigenvalue weighted by Gasteiger charge is 2.27. The second-order valence-electron chi connectivity index (χ2n) is 8.94. The summed E-state index contributed by atoms with van der Waals surface area (Å²) >= 11 is 0. The molecule has 0 aliphatic heterocycles. The zero-order chi connectivity index (χ0) is 25.1. The van der Waals surface area contributed by atoms with Gasteiger partial charge in [0.15, 0.2) is 5.82 Å². The lowest BCUT2D eigenvalue weighted by molar-refractivity contribution is 0.149. The van der Waals surface area contributed by atoms with Crippen LogP contribution in [0.2, 0.25) is 0 Å². The first-order valence-electron chi connectivity index (χ1n) is 11.9. The largest absolute Gasteiger partial charge is 0.468 e. The Morgan fingerprint density at radius 1 is 1.11 bits per heavy atom. The lowest BCUT2D eigenvalue weighted by Gasteiger charge is -2.29. The molecule has 0 fully saturated rings. The average Bonchev–Trinajstić information content (AvgIpc) is 3.54. The second-order valence-corrected chi connectivity index (χ2v) is 8.94. The van der Waals surface area contributed by atoms with Gasteiger partial charge in [-0.3, -0.25) is 9.69 Å². The number of furan rings is 1. The lowest BCUT2D eigenvalue weighted by Crippen LogP contribution is -2.32. The molecule has 1 atom stereocenters. The number of aryl methyl sites for hydroxylation is 1. The number of aromatic amines is 1. The van der Waals surface area contributed by atoms with Crippen molar-refractivity contribution in [1.82, 2.24) is 30.1 Å². The maximum absolute atomic E-state index is 13.4. The maximum atomic E-state index is 13.4. The van der Waals surface area contributed by atoms with E-state index >= 15 is 0 Å². The molecule has 0 spiro atoms. The standard InChI is InChI=1S/C27H27FN6O2/c1-3-25(26-30-31-32-34(26)15-19-7-10-22(28)11-8-19)33(17-23-5-4-12-36-23)16-21-14-20-9-6-18(2)13-24(20)29-27(21)35/h4-14,25H,3,15-17H2,1-2H3,(H,29,35)/t25-/m0/s1. The predicted molar refractivity (Wildman–Crippen MR) is 134 cm³/mol. The number of rotatable bonds is 9. The van der Waals surface area contributed by atoms with E-state index in [4.69, 9.17) is 4.42 Å². The summed E-state index contributed by atoms with van der Waals surface area (Å²) < 4.78 is 20.7. The third-order valence-corrected chi connectivity index (χ3v) is 6.32. The van der Waals surface area contributed by atoms with Gasteiger partial charge in [-0.2, -0.15) is 0 Å². The van der Waals surface area contributed by atoms with Gasteiger partial charge in [0, 0.05) is 17.6 Å². The number of tetrazole rings is 1. The molecule has 1 N–H and O–H groups in total. The molecule has 8 nitrogen and oxygen atoms in total. The molecule has 0 saturated carbocycles. The summed E-state index contributed by atoms with van der Waals surface area (Å²) in [6, 6.07) is 17.8. The third kappa shape index (κ3) is 5.11. The Hall–Kier alpha value is -4.11. The molecule has 0 saturated heterocycles. The SMILES string of the molecule is CC[C@@H](c1nnnn1Cc1ccc(F)cc1)N(Cc1ccco1)Cc1cc2ccc(C)cc2[nH]c1=O. The van der Waals surface area contributed by atoms with Crippen LogP contribution in [0.5, 0.6) is 0 Å². The van der Waals surface area contributed by atoms with Crippen LogP contribution >= 0.6 is 0 Å². The number of fused-ring (bicyclic) bond motifs is 1. The van der Waals surface area contributed by atoms with Crippen LogP contribution in [0.1, 0.15) is 47.7 Å². The van der Waals surface area contributed by atoms with Crippen LogP contribution in [0, 0.1) is 12.7 Å². The van der Waals surface area contributed by atoms with Crippen LogP contribution < -0.4 is 5.56 Å². The maximum Gasteiger partial charge on any atom is 0.252 e. The third-order valence-electron chi connectivity index (χ3n) is 6.32. The van der Waals surface area contributed by atoms with E-state index in [-0.39, 0.29) is 17.4 Å². The minimum absolute atomic E-state index is 0.127. The van der Waals surface area contributed by atoms with Crippen molar-refractivity contribution in [3.8, 4) is 0 Å². The molecule has 0 amide bonds. The van der Waals surface area contributed by atoms with Crippen molar-refractivity contribution in [2.24, 2.45) is 0 Å². The Balaban J connectivity index is 1.49. The van der Waals surface area contributed by atoms with Crippen molar-refractivity contribution in [3.05, 3.63) is 111 Å². The lowest BCUT2D eigenvalue weighted by atomic mass is 10.1. The summed E-state index contributed by atoms with van der Waals surface area (Å²) in [5, 5.41) is 13.4. The van der Waals surface area contributed by atoms with E-state index < -0.39 is 0 Å². The fraction of sp³-hybridized carbons (Fsp3) is 0.259. The van der Waals surface area contributed by atoms with E-state index in [2.05, 4.69) is 32.3 Å². The summed E-state index contributed by atoms with van der Waals surface area (Å²) in [5.74, 6) is 1.16. The highest BCUT2D eigenvalue weighted by atomic mass is 19.1. The first-order chi connectivity index (χ1) is 17.5. The molecule has 0 unspecified atom stereocenters. The summed E-state index contributed by atoms with van der Waals surface area (Å²) in [7, 11) is 0. The Morgan fingerprint density at radius 2 is 1.94 bits per heavy atom. The minimum Gasteiger partial charge on any atom is -0.468 e. The van der Waals surface area contributed by atoms with Gasteiger partial charge in [-0.25, -0.2) is 9.07 Å². The number of nitrogens with one attached hydrogen (secondary N) is 1. The fourth-order valence-corrected chi connectivity index (χ4v) is 4.50. The summed E-state index contributed by atoms with van der Waals surface area (Å²) in [6.45, 7) is 5.31. The van der Waals surface area contributed by atoms with Gasteiger partial charge in [0.2, 0.25) is 0 Å². The van der Waals surface area contributed by atoms with Crippen molar-refractivity contribution in [1.29, 1.82) is 0 Å². The fourth-order valence-electron chi connectivity index (χ4n) is 4.50. The van der Waals surface area contributed by atoms with Crippen molar-refractivity contribution in [2.75, 3.05) is 0 Å². The van der Waals surface area contributed by atoms with Crippen molar-refractivity contribution in [2.45, 2.75) is 45.9 Å². The van der Waals surface area contributed by atoms with Gasteiger partial charge in [0.1, 0.15) is 11.6 Å². The first-order valence-corrected chi connectivity index (χ1v) is 11.9. The number of halogens is 1. The Kier molecular flexibility index (Phi) is 6.73. The van der Waals surface area contributed by atoms with E-state index in [0.29, 0.717) is 37.4 Å². The second kappa shape index (κ2) is 10.2. The first kappa shape index (κ1) is 23.6. The van der Waals surface area contributed by atoms with Crippen LogP contribution in [0.4, 0.5) is 4.39 Å². The Morgan fingerprint density at radius 3 is 2.69 bits per heavy atom.